The quantitative estimate of drug-likeness (QED) is 0.837. The topological polar surface area (TPSA) is 24.9 Å². The van der Waals surface area contributed by atoms with Gasteiger partial charge >= 0.3 is 6.18 Å². The molecule has 0 unspecified atom stereocenters. The van der Waals surface area contributed by atoms with E-state index in [0.29, 0.717) is 0 Å². The SMILES string of the molecule is CNCc1cnccc1C(F)(F)F.Cl. The molecular weight excluding hydrogens is 217 g/mol. The number of rotatable bonds is 2. The van der Waals surface area contributed by atoms with Crippen LogP contribution in [0.5, 0.6) is 0 Å². The summed E-state index contributed by atoms with van der Waals surface area (Å²) in [7, 11) is 1.59. The van der Waals surface area contributed by atoms with E-state index < -0.39 is 11.7 Å². The van der Waals surface area contributed by atoms with Crippen molar-refractivity contribution in [2.45, 2.75) is 12.7 Å². The highest BCUT2D eigenvalue weighted by Crippen LogP contribution is 2.31. The lowest BCUT2D eigenvalue weighted by Crippen LogP contribution is -2.14. The van der Waals surface area contributed by atoms with E-state index in [1.54, 1.807) is 7.05 Å². The predicted molar refractivity (Wildman–Crippen MR) is 49.3 cm³/mol. The van der Waals surface area contributed by atoms with E-state index in [9.17, 15) is 13.2 Å². The van der Waals surface area contributed by atoms with E-state index in [1.807, 2.05) is 0 Å². The Morgan fingerprint density at radius 1 is 1.43 bits per heavy atom. The van der Waals surface area contributed by atoms with Crippen LogP contribution < -0.4 is 5.32 Å². The van der Waals surface area contributed by atoms with Gasteiger partial charge in [-0.25, -0.2) is 0 Å². The third kappa shape index (κ3) is 3.16. The lowest BCUT2D eigenvalue weighted by Gasteiger charge is -2.10. The van der Waals surface area contributed by atoms with Crippen molar-refractivity contribution < 1.29 is 13.2 Å². The van der Waals surface area contributed by atoms with Crippen molar-refractivity contribution in [3.63, 3.8) is 0 Å². The van der Waals surface area contributed by atoms with E-state index in [2.05, 4.69) is 10.3 Å². The minimum Gasteiger partial charge on any atom is -0.316 e. The summed E-state index contributed by atoms with van der Waals surface area (Å²) in [6.07, 6.45) is -1.93. The van der Waals surface area contributed by atoms with Crippen molar-refractivity contribution >= 4 is 12.4 Å². The van der Waals surface area contributed by atoms with Crippen LogP contribution in [-0.2, 0) is 12.7 Å². The van der Waals surface area contributed by atoms with Gasteiger partial charge in [0.15, 0.2) is 0 Å². The maximum Gasteiger partial charge on any atom is 0.416 e. The number of halogens is 4. The first kappa shape index (κ1) is 13.2. The molecule has 2 nitrogen and oxygen atoms in total. The van der Waals surface area contributed by atoms with E-state index in [1.165, 1.54) is 6.20 Å². The second-order valence-electron chi connectivity index (χ2n) is 2.56. The molecule has 1 aromatic heterocycles. The molecule has 14 heavy (non-hydrogen) atoms. The first-order valence-electron chi connectivity index (χ1n) is 3.70. The Bertz CT molecular complexity index is 288. The zero-order chi connectivity index (χ0) is 9.90. The second kappa shape index (κ2) is 5.17. The summed E-state index contributed by atoms with van der Waals surface area (Å²) in [4.78, 5) is 3.64. The molecule has 0 aromatic carbocycles. The highest BCUT2D eigenvalue weighted by molar-refractivity contribution is 5.85. The zero-order valence-corrected chi connectivity index (χ0v) is 8.25. The third-order valence-electron chi connectivity index (χ3n) is 1.58. The zero-order valence-electron chi connectivity index (χ0n) is 7.43. The smallest absolute Gasteiger partial charge is 0.316 e. The van der Waals surface area contributed by atoms with Crippen LogP contribution in [0.4, 0.5) is 13.2 Å². The molecule has 0 atom stereocenters. The van der Waals surface area contributed by atoms with E-state index in [4.69, 9.17) is 0 Å². The van der Waals surface area contributed by atoms with Crippen LogP contribution in [-0.4, -0.2) is 12.0 Å². The van der Waals surface area contributed by atoms with Gasteiger partial charge < -0.3 is 5.32 Å². The van der Waals surface area contributed by atoms with Gasteiger partial charge in [-0.3, -0.25) is 4.98 Å². The Morgan fingerprint density at radius 3 is 2.57 bits per heavy atom. The molecule has 1 rings (SSSR count). The van der Waals surface area contributed by atoms with Gasteiger partial charge in [0.2, 0.25) is 0 Å². The molecule has 0 aliphatic carbocycles. The molecule has 80 valence electrons. The molecule has 0 spiro atoms. The van der Waals surface area contributed by atoms with E-state index >= 15 is 0 Å². The number of aromatic nitrogens is 1. The highest BCUT2D eigenvalue weighted by Gasteiger charge is 2.32. The average Bonchev–Trinajstić information content (AvgIpc) is 2.04. The maximum absolute atomic E-state index is 12.3. The average molecular weight is 227 g/mol. The minimum atomic E-state index is -4.30. The first-order valence-corrected chi connectivity index (χ1v) is 3.70. The number of hydrogen-bond acceptors (Lipinski definition) is 2. The Labute approximate surface area is 85.9 Å². The second-order valence-corrected chi connectivity index (χ2v) is 2.56. The van der Waals surface area contributed by atoms with Crippen molar-refractivity contribution in [3.8, 4) is 0 Å². The van der Waals surface area contributed by atoms with Gasteiger partial charge in [-0.2, -0.15) is 13.2 Å². The summed E-state index contributed by atoms with van der Waals surface area (Å²) in [6, 6.07) is 0.979. The number of pyridine rings is 1. The Balaban J connectivity index is 0.00000169. The van der Waals surface area contributed by atoms with Crippen LogP contribution in [0.2, 0.25) is 0 Å². The van der Waals surface area contributed by atoms with Gasteiger partial charge in [0.1, 0.15) is 0 Å². The maximum atomic E-state index is 12.3. The van der Waals surface area contributed by atoms with Crippen LogP contribution in [0.3, 0.4) is 0 Å². The summed E-state index contributed by atoms with van der Waals surface area (Å²) >= 11 is 0. The lowest BCUT2D eigenvalue weighted by atomic mass is 10.1. The normalized spacial score (nSPS) is 10.9. The molecule has 1 aromatic rings. The van der Waals surface area contributed by atoms with Crippen LogP contribution in [0.15, 0.2) is 18.5 Å². The Hall–Kier alpha value is -0.810. The Kier molecular flexibility index (Phi) is 4.87. The fourth-order valence-corrected chi connectivity index (χ4v) is 1.04. The molecule has 1 N–H and O–H groups in total. The summed E-state index contributed by atoms with van der Waals surface area (Å²) in [5.74, 6) is 0. The van der Waals surface area contributed by atoms with Crippen molar-refractivity contribution in [2.24, 2.45) is 0 Å². The Morgan fingerprint density at radius 2 is 2.07 bits per heavy atom. The van der Waals surface area contributed by atoms with E-state index in [-0.39, 0.29) is 24.5 Å². The van der Waals surface area contributed by atoms with Crippen molar-refractivity contribution in [3.05, 3.63) is 29.6 Å². The molecule has 0 fully saturated rings. The molecule has 0 aliphatic heterocycles. The van der Waals surface area contributed by atoms with Crippen LogP contribution >= 0.6 is 12.4 Å². The number of hydrogen-bond donors (Lipinski definition) is 1. The summed E-state index contributed by atoms with van der Waals surface area (Å²) in [5.41, 5.74) is -0.464. The van der Waals surface area contributed by atoms with Crippen molar-refractivity contribution in [1.82, 2.24) is 10.3 Å². The first-order chi connectivity index (χ1) is 6.05. The fourth-order valence-electron chi connectivity index (χ4n) is 1.04. The van der Waals surface area contributed by atoms with Gasteiger partial charge in [-0.05, 0) is 18.7 Å². The van der Waals surface area contributed by atoms with Gasteiger partial charge in [0.05, 0.1) is 5.56 Å². The van der Waals surface area contributed by atoms with Crippen LogP contribution in [0, 0.1) is 0 Å². The number of nitrogens with one attached hydrogen (secondary N) is 1. The lowest BCUT2D eigenvalue weighted by molar-refractivity contribution is -0.138. The monoisotopic (exact) mass is 226 g/mol. The molecular formula is C8H10ClF3N2. The standard InChI is InChI=1S/C8H9F3N2.ClH/c1-12-4-6-5-13-3-2-7(6)8(9,10)11;/h2-3,5,12H,4H2,1H3;1H. The molecule has 0 aliphatic rings. The molecule has 0 amide bonds. The highest BCUT2D eigenvalue weighted by atomic mass is 35.5. The number of nitrogens with zero attached hydrogens (tertiary/aromatic N) is 1. The molecule has 6 heteroatoms. The molecule has 1 heterocycles. The molecule has 0 saturated heterocycles. The fraction of sp³-hybridized carbons (Fsp3) is 0.375. The summed E-state index contributed by atoms with van der Waals surface area (Å²) < 4.78 is 36.9. The van der Waals surface area contributed by atoms with Crippen molar-refractivity contribution in [1.29, 1.82) is 0 Å². The minimum absolute atomic E-state index is 0. The summed E-state index contributed by atoms with van der Waals surface area (Å²) in [6.45, 7) is 0.169. The predicted octanol–water partition coefficient (Wildman–Crippen LogP) is 2.24. The summed E-state index contributed by atoms with van der Waals surface area (Å²) in [5, 5.41) is 2.66. The van der Waals surface area contributed by atoms with Gasteiger partial charge in [-0.1, -0.05) is 0 Å². The van der Waals surface area contributed by atoms with Gasteiger partial charge in [0, 0.05) is 18.9 Å². The van der Waals surface area contributed by atoms with Crippen LogP contribution in [0.25, 0.3) is 0 Å². The largest absolute Gasteiger partial charge is 0.416 e. The molecule has 0 saturated carbocycles. The van der Waals surface area contributed by atoms with Crippen molar-refractivity contribution in [2.75, 3.05) is 7.05 Å². The van der Waals surface area contributed by atoms with Gasteiger partial charge in [-0.15, -0.1) is 12.4 Å². The van der Waals surface area contributed by atoms with E-state index in [0.717, 1.165) is 12.3 Å². The molecule has 0 bridgehead atoms. The third-order valence-corrected chi connectivity index (χ3v) is 1.58. The van der Waals surface area contributed by atoms with Gasteiger partial charge in [0.25, 0.3) is 0 Å². The number of alkyl halides is 3. The molecule has 0 radical (unpaired) electrons. The van der Waals surface area contributed by atoms with Crippen LogP contribution in [0.1, 0.15) is 11.1 Å².